The predicted molar refractivity (Wildman–Crippen MR) is 81.9 cm³/mol. The van der Waals surface area contributed by atoms with Crippen molar-refractivity contribution < 1.29 is 8.42 Å². The lowest BCUT2D eigenvalue weighted by atomic mass is 10.3. The van der Waals surface area contributed by atoms with Crippen molar-refractivity contribution in [2.75, 3.05) is 31.9 Å². The molecule has 110 valence electrons. The number of benzene rings is 1. The zero-order chi connectivity index (χ0) is 14.3. The fraction of sp³-hybridized carbons (Fsp3) is 0.538. The van der Waals surface area contributed by atoms with Crippen LogP contribution < -0.4 is 5.73 Å². The molecule has 0 unspecified atom stereocenters. The van der Waals surface area contributed by atoms with Gasteiger partial charge in [0.2, 0.25) is 10.0 Å². The van der Waals surface area contributed by atoms with Gasteiger partial charge in [-0.25, -0.2) is 8.42 Å². The Bertz CT molecular complexity index is 608. The third-order valence-electron chi connectivity index (χ3n) is 3.91. The molecule has 2 N–H and O–H groups in total. The number of nitrogens with zero attached hydrogens (tertiary/aromatic N) is 2. The number of rotatable bonds is 3. The molecule has 0 radical (unpaired) electrons. The van der Waals surface area contributed by atoms with Gasteiger partial charge in [-0.1, -0.05) is 0 Å². The molecule has 1 aliphatic carbocycles. The highest BCUT2D eigenvalue weighted by molar-refractivity contribution is 9.10. The van der Waals surface area contributed by atoms with Crippen LogP contribution >= 0.6 is 15.9 Å². The Morgan fingerprint density at radius 1 is 1.15 bits per heavy atom. The van der Waals surface area contributed by atoms with Crippen LogP contribution in [0.15, 0.2) is 27.6 Å². The van der Waals surface area contributed by atoms with E-state index < -0.39 is 10.0 Å². The minimum atomic E-state index is -3.43. The van der Waals surface area contributed by atoms with Crippen molar-refractivity contribution in [3.8, 4) is 0 Å². The van der Waals surface area contributed by atoms with Crippen LogP contribution in [0, 0.1) is 0 Å². The van der Waals surface area contributed by atoms with Gasteiger partial charge in [-0.15, -0.1) is 0 Å². The van der Waals surface area contributed by atoms with Gasteiger partial charge in [0.25, 0.3) is 0 Å². The first-order valence-corrected chi connectivity index (χ1v) is 9.01. The summed E-state index contributed by atoms with van der Waals surface area (Å²) in [5.41, 5.74) is 6.21. The maximum Gasteiger partial charge on any atom is 0.244 e. The molecule has 1 aromatic carbocycles. The molecular formula is C13H18BrN3O2S. The molecule has 7 heteroatoms. The van der Waals surface area contributed by atoms with Gasteiger partial charge in [0, 0.05) is 42.4 Å². The zero-order valence-corrected chi connectivity index (χ0v) is 13.5. The number of anilines is 1. The summed E-state index contributed by atoms with van der Waals surface area (Å²) in [4.78, 5) is 2.69. The van der Waals surface area contributed by atoms with Crippen LogP contribution in [0.2, 0.25) is 0 Å². The number of halogens is 1. The summed E-state index contributed by atoms with van der Waals surface area (Å²) in [6.45, 7) is 2.79. The SMILES string of the molecule is Nc1ccc(S(=O)(=O)N2CCN(C3CC3)CC2)c(Br)c1. The van der Waals surface area contributed by atoms with Gasteiger partial charge >= 0.3 is 0 Å². The number of nitrogens with two attached hydrogens (primary N) is 1. The minimum Gasteiger partial charge on any atom is -0.399 e. The van der Waals surface area contributed by atoms with E-state index in [2.05, 4.69) is 20.8 Å². The Balaban J connectivity index is 1.78. The zero-order valence-electron chi connectivity index (χ0n) is 11.1. The summed E-state index contributed by atoms with van der Waals surface area (Å²) in [5.74, 6) is 0. The maximum absolute atomic E-state index is 12.6. The van der Waals surface area contributed by atoms with E-state index in [9.17, 15) is 8.42 Å². The van der Waals surface area contributed by atoms with Gasteiger partial charge in [0.05, 0.1) is 4.90 Å². The lowest BCUT2D eigenvalue weighted by molar-refractivity contribution is 0.180. The van der Waals surface area contributed by atoms with Gasteiger partial charge in [-0.05, 0) is 47.0 Å². The number of nitrogen functional groups attached to an aromatic ring is 1. The summed E-state index contributed by atoms with van der Waals surface area (Å²) in [7, 11) is -3.43. The van der Waals surface area contributed by atoms with Crippen molar-refractivity contribution >= 4 is 31.6 Å². The van der Waals surface area contributed by atoms with Crippen molar-refractivity contribution in [2.24, 2.45) is 0 Å². The topological polar surface area (TPSA) is 66.6 Å². The summed E-state index contributed by atoms with van der Waals surface area (Å²) in [6, 6.07) is 5.52. The van der Waals surface area contributed by atoms with Gasteiger partial charge in [0.1, 0.15) is 0 Å². The first kappa shape index (κ1) is 14.3. The van der Waals surface area contributed by atoms with Crippen LogP contribution in [0.3, 0.4) is 0 Å². The number of sulfonamides is 1. The molecule has 3 rings (SSSR count). The molecule has 1 saturated carbocycles. The molecule has 1 saturated heterocycles. The number of piperazine rings is 1. The van der Waals surface area contributed by atoms with Crippen LogP contribution in [0.4, 0.5) is 5.69 Å². The van der Waals surface area contributed by atoms with Crippen LogP contribution in [-0.2, 0) is 10.0 Å². The molecule has 5 nitrogen and oxygen atoms in total. The first-order chi connectivity index (χ1) is 9.48. The lowest BCUT2D eigenvalue weighted by Crippen LogP contribution is -2.49. The molecule has 2 aliphatic rings. The van der Waals surface area contributed by atoms with Crippen LogP contribution in [0.1, 0.15) is 12.8 Å². The van der Waals surface area contributed by atoms with Gasteiger partial charge in [-0.3, -0.25) is 4.90 Å². The van der Waals surface area contributed by atoms with E-state index in [1.54, 1.807) is 22.5 Å². The Labute approximate surface area is 127 Å². The predicted octanol–water partition coefficient (Wildman–Crippen LogP) is 1.50. The van der Waals surface area contributed by atoms with E-state index in [0.29, 0.717) is 34.2 Å². The fourth-order valence-electron chi connectivity index (χ4n) is 2.61. The number of hydrogen-bond acceptors (Lipinski definition) is 4. The summed E-state index contributed by atoms with van der Waals surface area (Å²) in [5, 5.41) is 0. The van der Waals surface area contributed by atoms with Crippen LogP contribution in [-0.4, -0.2) is 49.8 Å². The highest BCUT2D eigenvalue weighted by atomic mass is 79.9. The highest BCUT2D eigenvalue weighted by Gasteiger charge is 2.35. The monoisotopic (exact) mass is 359 g/mol. The Kier molecular flexibility index (Phi) is 3.79. The highest BCUT2D eigenvalue weighted by Crippen LogP contribution is 2.30. The molecular weight excluding hydrogens is 342 g/mol. The van der Waals surface area contributed by atoms with E-state index in [1.807, 2.05) is 0 Å². The molecule has 0 aromatic heterocycles. The second-order valence-electron chi connectivity index (χ2n) is 5.36. The molecule has 0 atom stereocenters. The third-order valence-corrected chi connectivity index (χ3v) is 6.79. The van der Waals surface area contributed by atoms with Gasteiger partial charge in [-0.2, -0.15) is 4.31 Å². The number of hydrogen-bond donors (Lipinski definition) is 1. The van der Waals surface area contributed by atoms with Crippen molar-refractivity contribution in [1.82, 2.24) is 9.21 Å². The Morgan fingerprint density at radius 2 is 1.80 bits per heavy atom. The Morgan fingerprint density at radius 3 is 2.35 bits per heavy atom. The largest absolute Gasteiger partial charge is 0.399 e. The molecule has 20 heavy (non-hydrogen) atoms. The van der Waals surface area contributed by atoms with Crippen LogP contribution in [0.5, 0.6) is 0 Å². The van der Waals surface area contributed by atoms with Crippen molar-refractivity contribution in [3.05, 3.63) is 22.7 Å². The summed E-state index contributed by atoms with van der Waals surface area (Å²) in [6.07, 6.45) is 2.52. The molecule has 1 aliphatic heterocycles. The molecule has 0 bridgehead atoms. The molecule has 1 aromatic rings. The van der Waals surface area contributed by atoms with E-state index in [-0.39, 0.29) is 0 Å². The van der Waals surface area contributed by atoms with E-state index in [1.165, 1.54) is 12.8 Å². The average Bonchev–Trinajstić information content (AvgIpc) is 3.22. The van der Waals surface area contributed by atoms with Crippen molar-refractivity contribution in [3.63, 3.8) is 0 Å². The molecule has 0 spiro atoms. The molecule has 2 fully saturated rings. The third kappa shape index (κ3) is 2.72. The summed E-state index contributed by atoms with van der Waals surface area (Å²) >= 11 is 3.30. The lowest BCUT2D eigenvalue weighted by Gasteiger charge is -2.34. The quantitative estimate of drug-likeness (QED) is 0.830. The molecule has 0 amide bonds. The summed E-state index contributed by atoms with van der Waals surface area (Å²) < 4.78 is 27.4. The smallest absolute Gasteiger partial charge is 0.244 e. The second-order valence-corrected chi connectivity index (χ2v) is 8.12. The minimum absolute atomic E-state index is 0.298. The van der Waals surface area contributed by atoms with E-state index in [4.69, 9.17) is 5.73 Å². The normalized spacial score (nSPS) is 22.1. The van der Waals surface area contributed by atoms with Crippen molar-refractivity contribution in [2.45, 2.75) is 23.8 Å². The van der Waals surface area contributed by atoms with E-state index >= 15 is 0 Å². The van der Waals surface area contributed by atoms with Crippen LogP contribution in [0.25, 0.3) is 0 Å². The van der Waals surface area contributed by atoms with E-state index in [0.717, 1.165) is 13.1 Å². The average molecular weight is 360 g/mol. The van der Waals surface area contributed by atoms with Gasteiger partial charge < -0.3 is 5.73 Å². The Hall–Kier alpha value is -0.630. The molecule has 1 heterocycles. The van der Waals surface area contributed by atoms with Gasteiger partial charge in [0.15, 0.2) is 0 Å². The standard InChI is InChI=1S/C13H18BrN3O2S/c14-12-9-10(15)1-4-13(12)20(18,19)17-7-5-16(6-8-17)11-2-3-11/h1,4,9,11H,2-3,5-8,15H2. The second kappa shape index (κ2) is 5.29. The maximum atomic E-state index is 12.6. The van der Waals surface area contributed by atoms with Crippen molar-refractivity contribution in [1.29, 1.82) is 0 Å². The fourth-order valence-corrected chi connectivity index (χ4v) is 5.09. The first-order valence-electron chi connectivity index (χ1n) is 6.78.